The van der Waals surface area contributed by atoms with E-state index in [4.69, 9.17) is 9.40 Å². The van der Waals surface area contributed by atoms with Crippen LogP contribution in [0.5, 0.6) is 0 Å². The molecule has 1 unspecified atom stereocenters. The van der Waals surface area contributed by atoms with Crippen LogP contribution in [0.3, 0.4) is 0 Å². The van der Waals surface area contributed by atoms with Crippen molar-refractivity contribution in [3.05, 3.63) is 77.2 Å². The summed E-state index contributed by atoms with van der Waals surface area (Å²) in [6.45, 7) is 7.36. The third-order valence-corrected chi connectivity index (χ3v) is 6.49. The number of aromatic nitrogens is 1. The Bertz CT molecular complexity index is 1570. The summed E-state index contributed by atoms with van der Waals surface area (Å²) in [5, 5.41) is 15.2. The molecule has 1 atom stereocenters. The van der Waals surface area contributed by atoms with E-state index in [0.717, 1.165) is 23.2 Å². The van der Waals surface area contributed by atoms with Crippen LogP contribution in [0.15, 0.2) is 59.0 Å². The summed E-state index contributed by atoms with van der Waals surface area (Å²) in [7, 11) is 1.53. The molecule has 2 heterocycles. The van der Waals surface area contributed by atoms with Gasteiger partial charge in [0.2, 0.25) is 5.71 Å². The highest BCUT2D eigenvalue weighted by Crippen LogP contribution is 2.38. The van der Waals surface area contributed by atoms with Crippen LogP contribution in [-0.4, -0.2) is 29.4 Å². The first-order chi connectivity index (χ1) is 18.1. The van der Waals surface area contributed by atoms with E-state index in [2.05, 4.69) is 23.6 Å². The Balaban J connectivity index is 1.94. The molecule has 0 saturated heterocycles. The zero-order chi connectivity index (χ0) is 27.6. The van der Waals surface area contributed by atoms with E-state index in [0.29, 0.717) is 33.6 Å². The fourth-order valence-corrected chi connectivity index (χ4v) is 4.20. The smallest absolute Gasteiger partial charge is 0.255 e. The summed E-state index contributed by atoms with van der Waals surface area (Å²) in [6.07, 6.45) is 0.801. The van der Waals surface area contributed by atoms with Crippen molar-refractivity contribution >= 4 is 22.9 Å². The molecule has 0 fully saturated rings. The number of fused-ring (bicyclic) bond motifs is 1. The highest BCUT2D eigenvalue weighted by atomic mass is 19.1. The number of nitrogens with zero attached hydrogens (tertiary/aromatic N) is 2. The predicted octanol–water partition coefficient (Wildman–Crippen LogP) is 6.21. The quantitative estimate of drug-likeness (QED) is 0.306. The number of carbonyl (C=O) groups is 2. The summed E-state index contributed by atoms with van der Waals surface area (Å²) >= 11 is 0. The molecule has 0 bridgehead atoms. The molecule has 0 aliphatic rings. The monoisotopic (exact) mass is 512 g/mol. The van der Waals surface area contributed by atoms with Gasteiger partial charge in [-0.25, -0.2) is 9.37 Å². The van der Waals surface area contributed by atoms with E-state index >= 15 is 0 Å². The van der Waals surface area contributed by atoms with Crippen molar-refractivity contribution in [2.24, 2.45) is 0 Å². The maximum absolute atomic E-state index is 13.6. The standard InChI is InChI=1S/C30H29FN4O3/c1-6-17(2)25-22(19-8-7-9-20(14-19)27(36)35-30(3,4)16-32)15-23-24(28(37)33-5)26(38-29(23)34-25)18-10-12-21(31)13-11-18/h7-15,17H,6H2,1-5H3,(H,33,37)(H,35,36). The van der Waals surface area contributed by atoms with Gasteiger partial charge in [0.1, 0.15) is 17.1 Å². The zero-order valence-corrected chi connectivity index (χ0v) is 22.0. The molecule has 0 spiro atoms. The SMILES string of the molecule is CCC(C)c1nc2oc(-c3ccc(F)cc3)c(C(=O)NC)c2cc1-c1cccc(C(=O)NC(C)(C)C#N)c1. The molecule has 2 aromatic heterocycles. The number of furan rings is 1. The number of carbonyl (C=O) groups excluding carboxylic acids is 2. The van der Waals surface area contributed by atoms with Crippen LogP contribution in [0.25, 0.3) is 33.6 Å². The van der Waals surface area contributed by atoms with Crippen molar-refractivity contribution < 1.29 is 18.4 Å². The van der Waals surface area contributed by atoms with Gasteiger partial charge in [-0.2, -0.15) is 5.26 Å². The van der Waals surface area contributed by atoms with Crippen molar-refractivity contribution in [3.63, 3.8) is 0 Å². The molecule has 4 aromatic rings. The Kier molecular flexibility index (Phi) is 7.31. The van der Waals surface area contributed by atoms with Crippen LogP contribution < -0.4 is 10.6 Å². The van der Waals surface area contributed by atoms with Gasteiger partial charge in [0.25, 0.3) is 11.8 Å². The van der Waals surface area contributed by atoms with Crippen molar-refractivity contribution in [2.75, 3.05) is 7.05 Å². The number of nitriles is 1. The van der Waals surface area contributed by atoms with Gasteiger partial charge >= 0.3 is 0 Å². The van der Waals surface area contributed by atoms with Crippen LogP contribution >= 0.6 is 0 Å². The number of hydrogen-bond donors (Lipinski definition) is 2. The number of amides is 2. The second-order valence-corrected chi connectivity index (χ2v) is 9.75. The maximum Gasteiger partial charge on any atom is 0.255 e. The predicted molar refractivity (Wildman–Crippen MR) is 144 cm³/mol. The topological polar surface area (TPSA) is 108 Å². The molecular weight excluding hydrogens is 483 g/mol. The molecule has 0 radical (unpaired) electrons. The average molecular weight is 513 g/mol. The number of benzene rings is 2. The summed E-state index contributed by atoms with van der Waals surface area (Å²) in [6, 6.07) is 16.7. The van der Waals surface area contributed by atoms with Gasteiger partial charge in [0.15, 0.2) is 0 Å². The second kappa shape index (κ2) is 10.5. The summed E-state index contributed by atoms with van der Waals surface area (Å²) in [4.78, 5) is 30.8. The number of pyridine rings is 1. The molecule has 0 aliphatic heterocycles. The Morgan fingerprint density at radius 2 is 1.82 bits per heavy atom. The summed E-state index contributed by atoms with van der Waals surface area (Å²) in [5.74, 6) is -0.782. The molecule has 0 aliphatic carbocycles. The summed E-state index contributed by atoms with van der Waals surface area (Å²) in [5.41, 5.74) is 2.78. The average Bonchev–Trinajstić information content (AvgIpc) is 3.30. The van der Waals surface area contributed by atoms with Crippen LogP contribution in [0, 0.1) is 17.1 Å². The zero-order valence-electron chi connectivity index (χ0n) is 22.0. The Morgan fingerprint density at radius 1 is 1.11 bits per heavy atom. The van der Waals surface area contributed by atoms with E-state index in [1.807, 2.05) is 19.1 Å². The molecule has 2 amide bonds. The fourth-order valence-electron chi connectivity index (χ4n) is 4.20. The minimum absolute atomic E-state index is 0.0484. The van der Waals surface area contributed by atoms with Gasteiger partial charge in [0.05, 0.1) is 22.7 Å². The molecule has 38 heavy (non-hydrogen) atoms. The van der Waals surface area contributed by atoms with Crippen molar-refractivity contribution in [3.8, 4) is 28.5 Å². The highest BCUT2D eigenvalue weighted by Gasteiger charge is 2.26. The molecule has 8 heteroatoms. The van der Waals surface area contributed by atoms with E-state index in [9.17, 15) is 19.2 Å². The van der Waals surface area contributed by atoms with E-state index in [1.165, 1.54) is 19.2 Å². The fraction of sp³-hybridized carbons (Fsp3) is 0.267. The third-order valence-electron chi connectivity index (χ3n) is 6.49. The number of rotatable bonds is 7. The van der Waals surface area contributed by atoms with Gasteiger partial charge < -0.3 is 15.1 Å². The lowest BCUT2D eigenvalue weighted by atomic mass is 9.92. The number of halogens is 1. The molecular formula is C30H29FN4O3. The van der Waals surface area contributed by atoms with Crippen LogP contribution in [0.2, 0.25) is 0 Å². The van der Waals surface area contributed by atoms with E-state index in [-0.39, 0.29) is 17.7 Å². The second-order valence-electron chi connectivity index (χ2n) is 9.75. The molecule has 0 saturated carbocycles. The minimum Gasteiger partial charge on any atom is -0.437 e. The molecule has 2 aromatic carbocycles. The Hall–Kier alpha value is -4.51. The molecule has 4 rings (SSSR count). The molecule has 194 valence electrons. The van der Waals surface area contributed by atoms with Crippen molar-refractivity contribution in [2.45, 2.75) is 45.6 Å². The van der Waals surface area contributed by atoms with Gasteiger partial charge in [0, 0.05) is 23.7 Å². The first-order valence-corrected chi connectivity index (χ1v) is 12.4. The van der Waals surface area contributed by atoms with Gasteiger partial charge in [-0.05, 0) is 74.2 Å². The van der Waals surface area contributed by atoms with Gasteiger partial charge in [-0.3, -0.25) is 9.59 Å². The lowest BCUT2D eigenvalue weighted by Gasteiger charge is -2.18. The number of hydrogen-bond acceptors (Lipinski definition) is 5. The van der Waals surface area contributed by atoms with Gasteiger partial charge in [-0.1, -0.05) is 26.0 Å². The van der Waals surface area contributed by atoms with E-state index < -0.39 is 11.4 Å². The normalized spacial score (nSPS) is 12.1. The molecule has 2 N–H and O–H groups in total. The van der Waals surface area contributed by atoms with Crippen LogP contribution in [-0.2, 0) is 0 Å². The van der Waals surface area contributed by atoms with Crippen LogP contribution in [0.1, 0.15) is 66.4 Å². The third kappa shape index (κ3) is 5.14. The Labute approximate surface area is 220 Å². The molecule has 7 nitrogen and oxygen atoms in total. The van der Waals surface area contributed by atoms with Crippen molar-refractivity contribution in [1.29, 1.82) is 5.26 Å². The highest BCUT2D eigenvalue weighted by molar-refractivity contribution is 6.11. The minimum atomic E-state index is -1.02. The first-order valence-electron chi connectivity index (χ1n) is 12.4. The maximum atomic E-state index is 13.6. The lowest BCUT2D eigenvalue weighted by molar-refractivity contribution is 0.0927. The largest absolute Gasteiger partial charge is 0.437 e. The Morgan fingerprint density at radius 3 is 2.45 bits per heavy atom. The van der Waals surface area contributed by atoms with Crippen molar-refractivity contribution in [1.82, 2.24) is 15.6 Å². The number of nitrogens with one attached hydrogen (secondary N) is 2. The van der Waals surface area contributed by atoms with Gasteiger partial charge in [-0.15, -0.1) is 0 Å². The van der Waals surface area contributed by atoms with Crippen LogP contribution in [0.4, 0.5) is 4.39 Å². The van der Waals surface area contributed by atoms with E-state index in [1.54, 1.807) is 44.2 Å². The first kappa shape index (κ1) is 26.6. The lowest BCUT2D eigenvalue weighted by Crippen LogP contribution is -2.42. The summed E-state index contributed by atoms with van der Waals surface area (Å²) < 4.78 is 19.7.